The first-order valence-electron chi connectivity index (χ1n) is 7.31. The number of amides is 1. The molecule has 0 bridgehead atoms. The lowest BCUT2D eigenvalue weighted by Gasteiger charge is -2.28. The minimum atomic E-state index is -0.843. The zero-order valence-electron chi connectivity index (χ0n) is 11.7. The summed E-state index contributed by atoms with van der Waals surface area (Å²) in [6.45, 7) is 1.66. The van der Waals surface area contributed by atoms with Gasteiger partial charge < -0.3 is 15.7 Å². The molecule has 1 saturated heterocycles. The van der Waals surface area contributed by atoms with Crippen LogP contribution in [-0.2, 0) is 4.79 Å². The Morgan fingerprint density at radius 1 is 1.33 bits per heavy atom. The van der Waals surface area contributed by atoms with Crippen molar-refractivity contribution < 1.29 is 14.7 Å². The van der Waals surface area contributed by atoms with Crippen LogP contribution in [0.25, 0.3) is 0 Å². The predicted molar refractivity (Wildman–Crippen MR) is 72.8 cm³/mol. The van der Waals surface area contributed by atoms with Gasteiger partial charge in [0.15, 0.2) is 5.69 Å². The predicted octanol–water partition coefficient (Wildman–Crippen LogP) is -0.204. The summed E-state index contributed by atoms with van der Waals surface area (Å²) in [5.41, 5.74) is 0.247. The molecule has 3 N–H and O–H groups in total. The van der Waals surface area contributed by atoms with Crippen molar-refractivity contribution in [2.45, 2.75) is 37.8 Å². The van der Waals surface area contributed by atoms with Gasteiger partial charge in [-0.15, -0.1) is 5.10 Å². The first kappa shape index (κ1) is 14.0. The van der Waals surface area contributed by atoms with Crippen LogP contribution in [-0.4, -0.2) is 51.1 Å². The largest absolute Gasteiger partial charge is 0.481 e. The van der Waals surface area contributed by atoms with Crippen LogP contribution in [0.5, 0.6) is 0 Å². The van der Waals surface area contributed by atoms with E-state index in [1.54, 1.807) is 10.9 Å². The third-order valence-electron chi connectivity index (χ3n) is 4.28. The third kappa shape index (κ3) is 2.90. The second kappa shape index (κ2) is 5.80. The highest BCUT2D eigenvalue weighted by molar-refractivity contribution is 5.92. The molecule has 21 heavy (non-hydrogen) atoms. The van der Waals surface area contributed by atoms with Gasteiger partial charge >= 0.3 is 5.97 Å². The van der Waals surface area contributed by atoms with E-state index < -0.39 is 11.9 Å². The number of aliphatic carboxylic acids is 1. The number of nitrogens with zero attached hydrogens (tertiary/aromatic N) is 3. The highest BCUT2D eigenvalue weighted by Crippen LogP contribution is 2.25. The number of hydrogen-bond acceptors (Lipinski definition) is 5. The highest BCUT2D eigenvalue weighted by Gasteiger charge is 2.32. The molecule has 0 aromatic carbocycles. The average molecular weight is 293 g/mol. The van der Waals surface area contributed by atoms with Gasteiger partial charge in [-0.2, -0.15) is 0 Å². The number of rotatable bonds is 4. The number of aromatic nitrogens is 3. The first-order chi connectivity index (χ1) is 10.1. The van der Waals surface area contributed by atoms with Gasteiger partial charge in [0, 0.05) is 19.1 Å². The van der Waals surface area contributed by atoms with E-state index >= 15 is 0 Å². The van der Waals surface area contributed by atoms with E-state index in [0.29, 0.717) is 12.8 Å². The number of carboxylic acids is 1. The Hall–Kier alpha value is -1.96. The molecule has 1 aliphatic heterocycles. The molecule has 0 spiro atoms. The molecule has 0 radical (unpaired) electrons. The molecule has 8 heteroatoms. The molecule has 1 aromatic heterocycles. The number of hydrogen-bond donors (Lipinski definition) is 3. The summed E-state index contributed by atoms with van der Waals surface area (Å²) < 4.78 is 1.68. The fraction of sp³-hybridized carbons (Fsp3) is 0.692. The summed E-state index contributed by atoms with van der Waals surface area (Å²) in [5.74, 6) is -1.69. The van der Waals surface area contributed by atoms with Crippen molar-refractivity contribution in [2.24, 2.45) is 5.92 Å². The Morgan fingerprint density at radius 2 is 2.10 bits per heavy atom. The van der Waals surface area contributed by atoms with Gasteiger partial charge in [-0.25, -0.2) is 4.68 Å². The molecule has 1 aliphatic carbocycles. The maximum atomic E-state index is 12.2. The number of carbonyl (C=O) groups is 2. The quantitative estimate of drug-likeness (QED) is 0.709. The van der Waals surface area contributed by atoms with Crippen LogP contribution >= 0.6 is 0 Å². The van der Waals surface area contributed by atoms with E-state index in [2.05, 4.69) is 20.9 Å². The molecular formula is C13H19N5O3. The van der Waals surface area contributed by atoms with Crippen LogP contribution in [0.15, 0.2) is 6.20 Å². The molecule has 1 aromatic rings. The lowest BCUT2D eigenvalue weighted by Crippen LogP contribution is -2.45. The Kier molecular flexibility index (Phi) is 3.87. The fourth-order valence-corrected chi connectivity index (χ4v) is 2.86. The molecule has 2 heterocycles. The summed E-state index contributed by atoms with van der Waals surface area (Å²) >= 11 is 0. The molecule has 2 fully saturated rings. The Bertz CT molecular complexity index is 540. The maximum absolute atomic E-state index is 12.2. The lowest BCUT2D eigenvalue weighted by atomic mass is 9.84. The van der Waals surface area contributed by atoms with E-state index in [0.717, 1.165) is 25.9 Å². The summed E-state index contributed by atoms with van der Waals surface area (Å²) in [4.78, 5) is 23.4. The second-order valence-electron chi connectivity index (χ2n) is 5.71. The van der Waals surface area contributed by atoms with Gasteiger partial charge in [0.1, 0.15) is 0 Å². The summed E-state index contributed by atoms with van der Waals surface area (Å²) in [6, 6.07) is -0.0697. The summed E-state index contributed by atoms with van der Waals surface area (Å²) in [5, 5.41) is 23.0. The van der Waals surface area contributed by atoms with Gasteiger partial charge in [0.05, 0.1) is 18.2 Å². The van der Waals surface area contributed by atoms with Crippen LogP contribution < -0.4 is 10.6 Å². The van der Waals surface area contributed by atoms with Crippen molar-refractivity contribution in [1.82, 2.24) is 25.6 Å². The van der Waals surface area contributed by atoms with Crippen LogP contribution in [0, 0.1) is 5.92 Å². The van der Waals surface area contributed by atoms with E-state index in [1.165, 1.54) is 0 Å². The molecule has 1 amide bonds. The summed E-state index contributed by atoms with van der Waals surface area (Å²) in [6.07, 6.45) is 4.77. The van der Waals surface area contributed by atoms with Crippen LogP contribution in [0.1, 0.15) is 42.2 Å². The SMILES string of the molecule is O=C(NC1CCCCC1C(=O)O)c1cn(C2CNC2)nn1. The van der Waals surface area contributed by atoms with Crippen molar-refractivity contribution in [1.29, 1.82) is 0 Å². The molecule has 114 valence electrons. The van der Waals surface area contributed by atoms with Crippen molar-refractivity contribution in [3.8, 4) is 0 Å². The van der Waals surface area contributed by atoms with Gasteiger partial charge in [0.25, 0.3) is 5.91 Å². The van der Waals surface area contributed by atoms with E-state index in [1.807, 2.05) is 0 Å². The molecule has 2 unspecified atom stereocenters. The van der Waals surface area contributed by atoms with E-state index in [-0.39, 0.29) is 23.7 Å². The number of carboxylic acid groups (broad SMARTS) is 1. The van der Waals surface area contributed by atoms with Crippen molar-refractivity contribution in [2.75, 3.05) is 13.1 Å². The molecule has 2 atom stereocenters. The maximum Gasteiger partial charge on any atom is 0.308 e. The number of carbonyl (C=O) groups excluding carboxylic acids is 1. The van der Waals surface area contributed by atoms with Crippen LogP contribution in [0.2, 0.25) is 0 Å². The smallest absolute Gasteiger partial charge is 0.308 e. The minimum Gasteiger partial charge on any atom is -0.481 e. The van der Waals surface area contributed by atoms with Gasteiger partial charge in [-0.05, 0) is 12.8 Å². The molecule has 1 saturated carbocycles. The minimum absolute atomic E-state index is 0.247. The molecule has 3 rings (SSSR count). The molecule has 2 aliphatic rings. The van der Waals surface area contributed by atoms with Gasteiger partial charge in [-0.3, -0.25) is 9.59 Å². The Labute approximate surface area is 121 Å². The summed E-state index contributed by atoms with van der Waals surface area (Å²) in [7, 11) is 0. The Balaban J connectivity index is 1.64. The van der Waals surface area contributed by atoms with Crippen LogP contribution in [0.4, 0.5) is 0 Å². The standard InChI is InChI=1S/C13H19N5O3/c19-12(11-7-18(17-16-11)8-5-14-6-8)15-10-4-2-1-3-9(10)13(20)21/h7-10,14H,1-6H2,(H,15,19)(H,20,21). The number of nitrogens with one attached hydrogen (secondary N) is 2. The van der Waals surface area contributed by atoms with E-state index in [9.17, 15) is 14.7 Å². The normalized spacial score (nSPS) is 26.1. The Morgan fingerprint density at radius 3 is 2.76 bits per heavy atom. The van der Waals surface area contributed by atoms with Crippen molar-refractivity contribution in [3.63, 3.8) is 0 Å². The van der Waals surface area contributed by atoms with E-state index in [4.69, 9.17) is 0 Å². The van der Waals surface area contributed by atoms with Crippen LogP contribution in [0.3, 0.4) is 0 Å². The average Bonchev–Trinajstić information content (AvgIpc) is 2.86. The highest BCUT2D eigenvalue weighted by atomic mass is 16.4. The van der Waals surface area contributed by atoms with Gasteiger partial charge in [-0.1, -0.05) is 18.1 Å². The monoisotopic (exact) mass is 293 g/mol. The zero-order valence-corrected chi connectivity index (χ0v) is 11.7. The second-order valence-corrected chi connectivity index (χ2v) is 5.71. The first-order valence-corrected chi connectivity index (χ1v) is 7.31. The van der Waals surface area contributed by atoms with Gasteiger partial charge in [0.2, 0.25) is 0 Å². The van der Waals surface area contributed by atoms with Crippen molar-refractivity contribution in [3.05, 3.63) is 11.9 Å². The fourth-order valence-electron chi connectivity index (χ4n) is 2.86. The molecular weight excluding hydrogens is 274 g/mol. The zero-order chi connectivity index (χ0) is 14.8. The molecule has 8 nitrogen and oxygen atoms in total. The topological polar surface area (TPSA) is 109 Å². The lowest BCUT2D eigenvalue weighted by molar-refractivity contribution is -0.143. The third-order valence-corrected chi connectivity index (χ3v) is 4.28. The van der Waals surface area contributed by atoms with Crippen molar-refractivity contribution >= 4 is 11.9 Å².